The van der Waals surface area contributed by atoms with Gasteiger partial charge in [0.15, 0.2) is 5.82 Å². The first-order chi connectivity index (χ1) is 9.63. The van der Waals surface area contributed by atoms with Gasteiger partial charge in [-0.3, -0.25) is 4.79 Å². The Kier molecular flexibility index (Phi) is 3.23. The lowest BCUT2D eigenvalue weighted by atomic mass is 9.94. The van der Waals surface area contributed by atoms with Crippen LogP contribution in [0.1, 0.15) is 26.2 Å². The minimum Gasteiger partial charge on any atom is -0.480 e. The van der Waals surface area contributed by atoms with E-state index in [9.17, 15) is 14.7 Å². The minimum absolute atomic E-state index is 0.156. The van der Waals surface area contributed by atoms with Gasteiger partial charge in [0.2, 0.25) is 0 Å². The summed E-state index contributed by atoms with van der Waals surface area (Å²) in [5, 5.41) is 9.53. The van der Waals surface area contributed by atoms with Gasteiger partial charge in [-0.2, -0.15) is 0 Å². The molecule has 3 atom stereocenters. The summed E-state index contributed by atoms with van der Waals surface area (Å²) in [6.45, 7) is 3.09. The average Bonchev–Trinajstić information content (AvgIpc) is 2.98. The zero-order valence-corrected chi connectivity index (χ0v) is 11.5. The van der Waals surface area contributed by atoms with Gasteiger partial charge in [-0.1, -0.05) is 6.42 Å². The molecule has 20 heavy (non-hydrogen) atoms. The fourth-order valence-corrected chi connectivity index (χ4v) is 3.72. The van der Waals surface area contributed by atoms with Crippen LogP contribution in [0.25, 0.3) is 0 Å². The summed E-state index contributed by atoms with van der Waals surface area (Å²) in [6, 6.07) is -0.601. The number of rotatable bonds is 3. The van der Waals surface area contributed by atoms with Crippen LogP contribution >= 0.6 is 0 Å². The quantitative estimate of drug-likeness (QED) is 0.890. The van der Waals surface area contributed by atoms with Crippen molar-refractivity contribution in [2.75, 3.05) is 11.4 Å². The Morgan fingerprint density at radius 3 is 3.00 bits per heavy atom. The number of hydrogen-bond donors (Lipinski definition) is 1. The zero-order chi connectivity index (χ0) is 14.3. The first-order valence-corrected chi connectivity index (χ1v) is 7.18. The number of hydrogen-bond acceptors (Lipinski definition) is 4. The van der Waals surface area contributed by atoms with Gasteiger partial charge in [0.05, 0.1) is 0 Å². The van der Waals surface area contributed by atoms with Gasteiger partial charge < -0.3 is 14.6 Å². The molecular weight excluding hydrogens is 258 g/mol. The Hall–Kier alpha value is -1.85. The van der Waals surface area contributed by atoms with Crippen molar-refractivity contribution in [3.63, 3.8) is 0 Å². The maximum atomic E-state index is 12.3. The molecule has 3 unspecified atom stereocenters. The fourth-order valence-electron chi connectivity index (χ4n) is 3.72. The van der Waals surface area contributed by atoms with Crippen LogP contribution in [-0.2, 0) is 11.3 Å². The molecule has 1 N–H and O–H groups in total. The third-order valence-electron chi connectivity index (χ3n) is 4.65. The summed E-state index contributed by atoms with van der Waals surface area (Å²) in [7, 11) is 0. The Bertz CT molecular complexity index is 583. The van der Waals surface area contributed by atoms with E-state index in [4.69, 9.17) is 0 Å². The van der Waals surface area contributed by atoms with E-state index in [1.165, 1.54) is 0 Å². The summed E-state index contributed by atoms with van der Waals surface area (Å²) >= 11 is 0. The van der Waals surface area contributed by atoms with E-state index in [2.05, 4.69) is 4.98 Å². The molecule has 0 radical (unpaired) electrons. The van der Waals surface area contributed by atoms with Crippen molar-refractivity contribution in [3.8, 4) is 0 Å². The largest absolute Gasteiger partial charge is 0.480 e. The molecule has 0 bridgehead atoms. The van der Waals surface area contributed by atoms with Crippen LogP contribution in [0.15, 0.2) is 17.2 Å². The van der Waals surface area contributed by atoms with E-state index >= 15 is 0 Å². The maximum absolute atomic E-state index is 12.3. The molecule has 1 aromatic rings. The van der Waals surface area contributed by atoms with Crippen molar-refractivity contribution < 1.29 is 9.90 Å². The number of carbonyl (C=O) groups is 1. The smallest absolute Gasteiger partial charge is 0.326 e. The number of aromatic nitrogens is 2. The minimum atomic E-state index is -0.840. The molecule has 6 heteroatoms. The predicted molar refractivity (Wildman–Crippen MR) is 73.8 cm³/mol. The van der Waals surface area contributed by atoms with Gasteiger partial charge in [-0.25, -0.2) is 9.78 Å². The number of fused-ring (bicyclic) bond motifs is 1. The van der Waals surface area contributed by atoms with Crippen LogP contribution < -0.4 is 10.5 Å². The van der Waals surface area contributed by atoms with Crippen molar-refractivity contribution in [1.29, 1.82) is 0 Å². The number of aryl methyl sites for hydroxylation is 1. The van der Waals surface area contributed by atoms with Crippen molar-refractivity contribution in [3.05, 3.63) is 22.7 Å². The molecule has 2 aliphatic rings. The molecule has 0 spiro atoms. The molecule has 2 fully saturated rings. The molecule has 1 aromatic heterocycles. The summed E-state index contributed by atoms with van der Waals surface area (Å²) in [4.78, 5) is 29.8. The SMILES string of the molecule is CCn1ccnc(N2CC3CCCC3C2C(=O)O)c1=O. The molecule has 2 heterocycles. The van der Waals surface area contributed by atoms with E-state index in [0.29, 0.717) is 19.0 Å². The Morgan fingerprint density at radius 2 is 2.30 bits per heavy atom. The number of carboxylic acid groups (broad SMARTS) is 1. The van der Waals surface area contributed by atoms with Crippen molar-refractivity contribution in [2.45, 2.75) is 38.8 Å². The third-order valence-corrected chi connectivity index (χ3v) is 4.65. The summed E-state index contributed by atoms with van der Waals surface area (Å²) in [5.74, 6) is -0.0137. The molecule has 1 saturated carbocycles. The lowest BCUT2D eigenvalue weighted by Gasteiger charge is -2.24. The van der Waals surface area contributed by atoms with Gasteiger partial charge in [0.25, 0.3) is 5.56 Å². The normalized spacial score (nSPS) is 28.6. The Balaban J connectivity index is 2.01. The lowest BCUT2D eigenvalue weighted by Crippen LogP contribution is -2.43. The van der Waals surface area contributed by atoms with Crippen LogP contribution in [0.4, 0.5) is 5.82 Å². The topological polar surface area (TPSA) is 75.4 Å². The van der Waals surface area contributed by atoms with E-state index in [-0.39, 0.29) is 17.3 Å². The second-order valence-electron chi connectivity index (χ2n) is 5.63. The van der Waals surface area contributed by atoms with Crippen molar-refractivity contribution in [2.24, 2.45) is 11.8 Å². The Morgan fingerprint density at radius 1 is 1.50 bits per heavy atom. The molecule has 0 amide bonds. The molecule has 108 valence electrons. The summed E-state index contributed by atoms with van der Waals surface area (Å²) in [6.07, 6.45) is 6.30. The maximum Gasteiger partial charge on any atom is 0.326 e. The van der Waals surface area contributed by atoms with E-state index in [1.54, 1.807) is 21.9 Å². The second-order valence-corrected chi connectivity index (χ2v) is 5.63. The molecule has 3 rings (SSSR count). The van der Waals surface area contributed by atoms with Crippen LogP contribution in [0.2, 0.25) is 0 Å². The molecular formula is C14H19N3O3. The summed E-state index contributed by atoms with van der Waals surface area (Å²) in [5.41, 5.74) is -0.193. The first-order valence-electron chi connectivity index (χ1n) is 7.18. The van der Waals surface area contributed by atoms with Gasteiger partial charge in [0.1, 0.15) is 6.04 Å². The zero-order valence-electron chi connectivity index (χ0n) is 11.5. The van der Waals surface area contributed by atoms with E-state index in [1.807, 2.05) is 6.92 Å². The highest BCUT2D eigenvalue weighted by molar-refractivity contribution is 5.79. The van der Waals surface area contributed by atoms with E-state index in [0.717, 1.165) is 19.3 Å². The second kappa shape index (κ2) is 4.92. The number of nitrogens with zero attached hydrogens (tertiary/aromatic N) is 3. The molecule has 6 nitrogen and oxygen atoms in total. The van der Waals surface area contributed by atoms with Crippen LogP contribution in [0.3, 0.4) is 0 Å². The monoisotopic (exact) mass is 277 g/mol. The Labute approximate surface area is 117 Å². The third kappa shape index (κ3) is 1.90. The van der Waals surface area contributed by atoms with Gasteiger partial charge in [-0.05, 0) is 31.6 Å². The van der Waals surface area contributed by atoms with E-state index < -0.39 is 12.0 Å². The lowest BCUT2D eigenvalue weighted by molar-refractivity contribution is -0.139. The van der Waals surface area contributed by atoms with Crippen molar-refractivity contribution in [1.82, 2.24) is 9.55 Å². The fraction of sp³-hybridized carbons (Fsp3) is 0.643. The molecule has 1 aliphatic carbocycles. The number of aliphatic carboxylic acids is 1. The van der Waals surface area contributed by atoms with Crippen LogP contribution in [-0.4, -0.2) is 33.2 Å². The molecule has 0 aromatic carbocycles. The van der Waals surface area contributed by atoms with Crippen LogP contribution in [0, 0.1) is 11.8 Å². The predicted octanol–water partition coefficient (Wildman–Crippen LogP) is 0.953. The molecule has 1 saturated heterocycles. The highest BCUT2D eigenvalue weighted by atomic mass is 16.4. The highest BCUT2D eigenvalue weighted by Gasteiger charge is 2.48. The van der Waals surface area contributed by atoms with Gasteiger partial charge >= 0.3 is 5.97 Å². The highest BCUT2D eigenvalue weighted by Crippen LogP contribution is 2.42. The summed E-state index contributed by atoms with van der Waals surface area (Å²) < 4.78 is 1.56. The number of anilines is 1. The van der Waals surface area contributed by atoms with Crippen LogP contribution in [0.5, 0.6) is 0 Å². The standard InChI is InChI=1S/C14H19N3O3/c1-2-16-7-6-15-12(13(16)18)17-8-9-4-3-5-10(9)11(17)14(19)20/h6-7,9-11H,2-5,8H2,1H3,(H,19,20). The first kappa shape index (κ1) is 13.1. The van der Waals surface area contributed by atoms with Gasteiger partial charge in [-0.15, -0.1) is 0 Å². The van der Waals surface area contributed by atoms with Gasteiger partial charge in [0, 0.05) is 25.5 Å². The number of carboxylic acids is 1. The average molecular weight is 277 g/mol. The van der Waals surface area contributed by atoms with Crippen molar-refractivity contribution >= 4 is 11.8 Å². The molecule has 1 aliphatic heterocycles.